The van der Waals surface area contributed by atoms with Crippen LogP contribution >= 0.6 is 48.0 Å². The molecule has 0 aliphatic heterocycles. The third-order valence-electron chi connectivity index (χ3n) is 3.43. The highest BCUT2D eigenvalue weighted by Gasteiger charge is 2.13. The van der Waals surface area contributed by atoms with Crippen LogP contribution in [0.5, 0.6) is 0 Å². The Kier molecular flexibility index (Phi) is 11.1. The van der Waals surface area contributed by atoms with Crippen molar-refractivity contribution in [2.24, 2.45) is 0 Å². The first-order chi connectivity index (χ1) is 11.0. The highest BCUT2D eigenvalue weighted by Crippen LogP contribution is 2.30. The predicted molar refractivity (Wildman–Crippen MR) is 106 cm³/mol. The first-order valence-corrected chi connectivity index (χ1v) is 8.05. The molecule has 1 heterocycles. The SMILES string of the molecule is CNCCN(C)C(=O)CCc1ncc(-c2ccc(Cl)cc2Cl)o1.Cl.Cl. The Balaban J connectivity index is 0.00000288. The van der Waals surface area contributed by atoms with Crippen molar-refractivity contribution >= 4 is 53.9 Å². The van der Waals surface area contributed by atoms with Crippen molar-refractivity contribution in [2.45, 2.75) is 12.8 Å². The molecular weight excluding hydrogens is 408 g/mol. The van der Waals surface area contributed by atoms with Crippen LogP contribution in [-0.4, -0.2) is 43.0 Å². The maximum atomic E-state index is 12.0. The number of likely N-dealkylation sites (N-methyl/N-ethyl adjacent to an activating group) is 2. The Bertz CT molecular complexity index is 679. The van der Waals surface area contributed by atoms with E-state index in [-0.39, 0.29) is 30.7 Å². The van der Waals surface area contributed by atoms with Crippen LogP contribution in [0.25, 0.3) is 11.3 Å². The number of nitrogens with zero attached hydrogens (tertiary/aromatic N) is 2. The lowest BCUT2D eigenvalue weighted by atomic mass is 10.2. The summed E-state index contributed by atoms with van der Waals surface area (Å²) in [6.07, 6.45) is 2.42. The molecule has 0 unspecified atom stereocenters. The van der Waals surface area contributed by atoms with E-state index < -0.39 is 0 Å². The third-order valence-corrected chi connectivity index (χ3v) is 3.97. The second-order valence-electron chi connectivity index (χ2n) is 5.16. The van der Waals surface area contributed by atoms with E-state index >= 15 is 0 Å². The number of hydrogen-bond acceptors (Lipinski definition) is 4. The second-order valence-corrected chi connectivity index (χ2v) is 6.00. The van der Waals surface area contributed by atoms with Crippen LogP contribution < -0.4 is 5.32 Å². The van der Waals surface area contributed by atoms with E-state index in [0.29, 0.717) is 41.1 Å². The minimum absolute atomic E-state index is 0. The lowest BCUT2D eigenvalue weighted by Gasteiger charge is -2.16. The Labute approximate surface area is 169 Å². The number of amides is 1. The van der Waals surface area contributed by atoms with Gasteiger partial charge in [-0.1, -0.05) is 23.2 Å². The zero-order valence-corrected chi connectivity index (χ0v) is 17.1. The molecule has 140 valence electrons. The number of rotatable bonds is 7. The number of hydrogen-bond donors (Lipinski definition) is 1. The molecule has 0 atom stereocenters. The molecule has 1 aromatic heterocycles. The molecule has 1 N–H and O–H groups in total. The zero-order valence-electron chi connectivity index (χ0n) is 13.9. The first-order valence-electron chi connectivity index (χ1n) is 7.30. The van der Waals surface area contributed by atoms with Gasteiger partial charge in [-0.3, -0.25) is 4.79 Å². The summed E-state index contributed by atoms with van der Waals surface area (Å²) in [6, 6.07) is 5.18. The minimum atomic E-state index is 0. The number of benzene rings is 1. The summed E-state index contributed by atoms with van der Waals surface area (Å²) in [6.45, 7) is 1.44. The number of carbonyl (C=O) groups excluding carboxylic acids is 1. The lowest BCUT2D eigenvalue weighted by Crippen LogP contribution is -2.32. The van der Waals surface area contributed by atoms with Gasteiger partial charge >= 0.3 is 0 Å². The van der Waals surface area contributed by atoms with Crippen LogP contribution in [0.1, 0.15) is 12.3 Å². The van der Waals surface area contributed by atoms with Crippen LogP contribution in [0.2, 0.25) is 10.0 Å². The van der Waals surface area contributed by atoms with Crippen molar-refractivity contribution < 1.29 is 9.21 Å². The predicted octanol–water partition coefficient (Wildman–Crippen LogP) is 4.10. The van der Waals surface area contributed by atoms with Gasteiger partial charge in [0.05, 0.1) is 11.2 Å². The first kappa shape index (κ1) is 24.0. The molecule has 1 aromatic carbocycles. The highest BCUT2D eigenvalue weighted by atomic mass is 35.5. The van der Waals surface area contributed by atoms with Crippen molar-refractivity contribution in [3.8, 4) is 11.3 Å². The zero-order chi connectivity index (χ0) is 16.8. The molecule has 0 saturated heterocycles. The van der Waals surface area contributed by atoms with E-state index in [0.717, 1.165) is 12.1 Å². The highest BCUT2D eigenvalue weighted by molar-refractivity contribution is 6.36. The topological polar surface area (TPSA) is 58.4 Å². The number of oxazole rings is 1. The van der Waals surface area contributed by atoms with Gasteiger partial charge in [0.1, 0.15) is 0 Å². The molecule has 0 bridgehead atoms. The van der Waals surface area contributed by atoms with E-state index in [1.807, 2.05) is 7.05 Å². The summed E-state index contributed by atoms with van der Waals surface area (Å²) in [5.74, 6) is 1.14. The van der Waals surface area contributed by atoms with Crippen molar-refractivity contribution in [2.75, 3.05) is 27.2 Å². The Morgan fingerprint density at radius 3 is 2.68 bits per heavy atom. The van der Waals surface area contributed by atoms with Crippen LogP contribution in [0.15, 0.2) is 28.8 Å². The van der Waals surface area contributed by atoms with Crippen molar-refractivity contribution in [3.63, 3.8) is 0 Å². The van der Waals surface area contributed by atoms with Gasteiger partial charge in [0.25, 0.3) is 0 Å². The van der Waals surface area contributed by atoms with E-state index in [9.17, 15) is 4.79 Å². The maximum absolute atomic E-state index is 12.0. The van der Waals surface area contributed by atoms with E-state index in [1.165, 1.54) is 0 Å². The number of aromatic nitrogens is 1. The van der Waals surface area contributed by atoms with E-state index in [4.69, 9.17) is 27.6 Å². The summed E-state index contributed by atoms with van der Waals surface area (Å²) >= 11 is 12.0. The van der Waals surface area contributed by atoms with Gasteiger partial charge in [-0.05, 0) is 25.2 Å². The van der Waals surface area contributed by atoms with Crippen LogP contribution in [0.4, 0.5) is 0 Å². The van der Waals surface area contributed by atoms with Crippen molar-refractivity contribution in [3.05, 3.63) is 40.3 Å². The molecule has 1 amide bonds. The number of halogens is 4. The summed E-state index contributed by atoms with van der Waals surface area (Å²) in [7, 11) is 3.64. The van der Waals surface area contributed by atoms with Gasteiger partial charge in [-0.2, -0.15) is 0 Å². The van der Waals surface area contributed by atoms with E-state index in [1.54, 1.807) is 36.3 Å². The number of nitrogens with one attached hydrogen (secondary N) is 1. The van der Waals surface area contributed by atoms with Crippen molar-refractivity contribution in [1.29, 1.82) is 0 Å². The van der Waals surface area contributed by atoms with Crippen molar-refractivity contribution in [1.82, 2.24) is 15.2 Å². The average molecular weight is 429 g/mol. The fourth-order valence-electron chi connectivity index (χ4n) is 2.05. The van der Waals surface area contributed by atoms with Crippen LogP contribution in [0.3, 0.4) is 0 Å². The van der Waals surface area contributed by atoms with Gasteiger partial charge in [0.15, 0.2) is 11.7 Å². The maximum Gasteiger partial charge on any atom is 0.222 e. The van der Waals surface area contributed by atoms with Gasteiger partial charge in [-0.25, -0.2) is 4.98 Å². The van der Waals surface area contributed by atoms with Gasteiger partial charge in [0.2, 0.25) is 5.91 Å². The minimum Gasteiger partial charge on any atom is -0.441 e. The third kappa shape index (κ3) is 7.04. The second kappa shape index (κ2) is 11.6. The molecule has 0 spiro atoms. The Hall–Kier alpha value is -0.980. The molecular formula is C16H21Cl4N3O2. The smallest absolute Gasteiger partial charge is 0.222 e. The fraction of sp³-hybridized carbons (Fsp3) is 0.375. The summed E-state index contributed by atoms with van der Waals surface area (Å²) in [5.41, 5.74) is 0.729. The van der Waals surface area contributed by atoms with Gasteiger partial charge in [0, 0.05) is 43.6 Å². The number of aryl methyl sites for hydroxylation is 1. The molecule has 2 aromatic rings. The van der Waals surface area contributed by atoms with Gasteiger partial charge in [-0.15, -0.1) is 24.8 Å². The van der Waals surface area contributed by atoms with Crippen LogP contribution in [0, 0.1) is 0 Å². The summed E-state index contributed by atoms with van der Waals surface area (Å²) in [4.78, 5) is 17.9. The average Bonchev–Trinajstić information content (AvgIpc) is 2.98. The van der Waals surface area contributed by atoms with E-state index in [2.05, 4.69) is 10.3 Å². The summed E-state index contributed by atoms with van der Waals surface area (Å²) in [5, 5.41) is 4.08. The Morgan fingerprint density at radius 1 is 1.32 bits per heavy atom. The largest absolute Gasteiger partial charge is 0.441 e. The molecule has 5 nitrogen and oxygen atoms in total. The summed E-state index contributed by atoms with van der Waals surface area (Å²) < 4.78 is 5.68. The molecule has 25 heavy (non-hydrogen) atoms. The number of carbonyl (C=O) groups is 1. The molecule has 0 fully saturated rings. The van der Waals surface area contributed by atoms with Gasteiger partial charge < -0.3 is 14.6 Å². The lowest BCUT2D eigenvalue weighted by molar-refractivity contribution is -0.129. The van der Waals surface area contributed by atoms with Crippen LogP contribution in [-0.2, 0) is 11.2 Å². The Morgan fingerprint density at radius 2 is 2.04 bits per heavy atom. The molecule has 0 aliphatic rings. The monoisotopic (exact) mass is 427 g/mol. The fourth-order valence-corrected chi connectivity index (χ4v) is 2.55. The standard InChI is InChI=1S/C16H19Cl2N3O2.2ClH/c1-19-7-8-21(2)16(22)6-5-15-20-10-14(23-15)12-4-3-11(17)9-13(12)18;;/h3-4,9-10,19H,5-8H2,1-2H3;2*1H. The molecule has 2 rings (SSSR count). The normalized spacial score (nSPS) is 9.92. The quantitative estimate of drug-likeness (QED) is 0.720. The molecule has 0 radical (unpaired) electrons. The molecule has 0 aliphatic carbocycles. The molecule has 9 heteroatoms. The molecule has 0 saturated carbocycles.